The van der Waals surface area contributed by atoms with Gasteiger partial charge in [0.05, 0.1) is 18.4 Å². The molecular formula is C23H17FN2O6S. The Balaban J connectivity index is 1.79. The molecule has 4 aromatic rings. The Kier molecular flexibility index (Phi) is 5.93. The molecule has 0 unspecified atom stereocenters. The Labute approximate surface area is 187 Å². The van der Waals surface area contributed by atoms with Gasteiger partial charge in [0.25, 0.3) is 5.56 Å². The van der Waals surface area contributed by atoms with Gasteiger partial charge in [-0.05, 0) is 54.1 Å². The summed E-state index contributed by atoms with van der Waals surface area (Å²) in [5.74, 6) is -2.10. The van der Waals surface area contributed by atoms with Crippen molar-refractivity contribution in [1.82, 2.24) is 9.78 Å². The zero-order valence-electron chi connectivity index (χ0n) is 17.3. The molecule has 0 radical (unpaired) electrons. The maximum atomic E-state index is 13.3. The highest BCUT2D eigenvalue weighted by Crippen LogP contribution is 2.24. The van der Waals surface area contributed by atoms with Crippen LogP contribution < -0.4 is 9.74 Å². The number of carbonyl (C=O) groups is 1. The number of halogens is 1. The van der Waals surface area contributed by atoms with Gasteiger partial charge in [-0.1, -0.05) is 30.3 Å². The SMILES string of the molecule is CCOC(=O)c1nn(-c2ccc(F)cc2)c(=O)cc1OS(=O)(=O)c1ccc2ccccc2c1. The molecular weight excluding hydrogens is 451 g/mol. The number of ether oxygens (including phenoxy) is 1. The highest BCUT2D eigenvalue weighted by atomic mass is 32.2. The van der Waals surface area contributed by atoms with Crippen LogP contribution in [0.1, 0.15) is 17.4 Å². The molecule has 1 heterocycles. The number of carbonyl (C=O) groups excluding carboxylic acids is 1. The van der Waals surface area contributed by atoms with Gasteiger partial charge in [-0.15, -0.1) is 0 Å². The Morgan fingerprint density at radius 1 is 1.00 bits per heavy atom. The standard InChI is InChI=1S/C23H17FN2O6S/c1-2-31-23(28)22-20(14-21(27)26(25-22)18-10-8-17(24)9-11-18)32-33(29,30)19-12-7-15-5-3-4-6-16(15)13-19/h3-14H,2H2,1H3. The van der Waals surface area contributed by atoms with Crippen molar-refractivity contribution >= 4 is 26.9 Å². The van der Waals surface area contributed by atoms with E-state index in [9.17, 15) is 22.4 Å². The van der Waals surface area contributed by atoms with E-state index in [2.05, 4.69) is 5.10 Å². The molecule has 0 saturated heterocycles. The van der Waals surface area contributed by atoms with E-state index < -0.39 is 38.9 Å². The lowest BCUT2D eigenvalue weighted by molar-refractivity contribution is 0.0515. The number of esters is 1. The van der Waals surface area contributed by atoms with Crippen LogP contribution in [0.15, 0.2) is 82.5 Å². The van der Waals surface area contributed by atoms with Gasteiger partial charge in [0.2, 0.25) is 5.69 Å². The van der Waals surface area contributed by atoms with Crippen LogP contribution in [0.5, 0.6) is 5.75 Å². The number of fused-ring (bicyclic) bond motifs is 1. The van der Waals surface area contributed by atoms with Crippen LogP contribution in [0.3, 0.4) is 0 Å². The average molecular weight is 468 g/mol. The van der Waals surface area contributed by atoms with Crippen molar-refractivity contribution < 1.29 is 26.5 Å². The third-order valence-corrected chi connectivity index (χ3v) is 5.88. The number of rotatable bonds is 6. The van der Waals surface area contributed by atoms with Crippen molar-refractivity contribution in [3.63, 3.8) is 0 Å². The van der Waals surface area contributed by atoms with Gasteiger partial charge in [-0.25, -0.2) is 9.18 Å². The zero-order valence-corrected chi connectivity index (χ0v) is 18.1. The molecule has 0 bridgehead atoms. The van der Waals surface area contributed by atoms with E-state index in [0.29, 0.717) is 5.39 Å². The molecule has 4 rings (SSSR count). The molecule has 0 aliphatic carbocycles. The number of benzene rings is 3. The summed E-state index contributed by atoms with van der Waals surface area (Å²) in [5.41, 5.74) is -1.15. The van der Waals surface area contributed by atoms with E-state index in [1.807, 2.05) is 12.1 Å². The highest BCUT2D eigenvalue weighted by molar-refractivity contribution is 7.87. The molecule has 10 heteroatoms. The molecule has 0 fully saturated rings. The van der Waals surface area contributed by atoms with Crippen molar-refractivity contribution in [1.29, 1.82) is 0 Å². The Bertz CT molecular complexity index is 1510. The number of hydrogen-bond acceptors (Lipinski definition) is 7. The summed E-state index contributed by atoms with van der Waals surface area (Å²) in [6, 6.07) is 17.1. The zero-order chi connectivity index (χ0) is 23.6. The van der Waals surface area contributed by atoms with Crippen LogP contribution in [0.4, 0.5) is 4.39 Å². The van der Waals surface area contributed by atoms with E-state index in [1.165, 1.54) is 24.3 Å². The molecule has 0 amide bonds. The topological polar surface area (TPSA) is 105 Å². The van der Waals surface area contributed by atoms with Gasteiger partial charge >= 0.3 is 16.1 Å². The van der Waals surface area contributed by atoms with Gasteiger partial charge in [0.1, 0.15) is 10.7 Å². The lowest BCUT2D eigenvalue weighted by Crippen LogP contribution is -2.26. The number of aromatic nitrogens is 2. The summed E-state index contributed by atoms with van der Waals surface area (Å²) in [4.78, 5) is 24.9. The fourth-order valence-electron chi connectivity index (χ4n) is 3.10. The lowest BCUT2D eigenvalue weighted by atomic mass is 10.1. The predicted molar refractivity (Wildman–Crippen MR) is 118 cm³/mol. The molecule has 0 aliphatic rings. The fourth-order valence-corrected chi connectivity index (χ4v) is 4.07. The van der Waals surface area contributed by atoms with Crippen molar-refractivity contribution in [3.05, 3.63) is 94.7 Å². The van der Waals surface area contributed by atoms with Crippen LogP contribution in [0.2, 0.25) is 0 Å². The molecule has 8 nitrogen and oxygen atoms in total. The maximum Gasteiger partial charge on any atom is 0.362 e. The first-order valence-electron chi connectivity index (χ1n) is 9.79. The van der Waals surface area contributed by atoms with Gasteiger partial charge in [-0.3, -0.25) is 4.79 Å². The molecule has 3 aromatic carbocycles. The second kappa shape index (κ2) is 8.83. The van der Waals surface area contributed by atoms with Crippen LogP contribution in [0.25, 0.3) is 16.5 Å². The Morgan fingerprint density at radius 3 is 2.39 bits per heavy atom. The van der Waals surface area contributed by atoms with Gasteiger partial charge in [0.15, 0.2) is 5.75 Å². The molecule has 168 valence electrons. The van der Waals surface area contributed by atoms with E-state index in [0.717, 1.165) is 28.3 Å². The summed E-state index contributed by atoms with van der Waals surface area (Å²) in [5, 5.41) is 5.43. The molecule has 1 aromatic heterocycles. The first-order chi connectivity index (χ1) is 15.8. The fraction of sp³-hybridized carbons (Fsp3) is 0.0870. The second-order valence-corrected chi connectivity index (χ2v) is 8.40. The van der Waals surface area contributed by atoms with Crippen molar-refractivity contribution in [2.45, 2.75) is 11.8 Å². The molecule has 0 N–H and O–H groups in total. The van der Waals surface area contributed by atoms with Gasteiger partial charge < -0.3 is 8.92 Å². The molecule has 0 saturated carbocycles. The molecule has 0 spiro atoms. The molecule has 33 heavy (non-hydrogen) atoms. The van der Waals surface area contributed by atoms with Gasteiger partial charge in [-0.2, -0.15) is 18.2 Å². The highest BCUT2D eigenvalue weighted by Gasteiger charge is 2.25. The van der Waals surface area contributed by atoms with E-state index in [1.54, 1.807) is 25.1 Å². The second-order valence-electron chi connectivity index (χ2n) is 6.85. The van der Waals surface area contributed by atoms with Crippen LogP contribution in [-0.4, -0.2) is 30.8 Å². The van der Waals surface area contributed by atoms with Crippen LogP contribution >= 0.6 is 0 Å². The summed E-state index contributed by atoms with van der Waals surface area (Å²) in [6.07, 6.45) is 0. The van der Waals surface area contributed by atoms with Crippen molar-refractivity contribution in [2.24, 2.45) is 0 Å². The van der Waals surface area contributed by atoms with Crippen LogP contribution in [-0.2, 0) is 14.9 Å². The summed E-state index contributed by atoms with van der Waals surface area (Å²) >= 11 is 0. The van der Waals surface area contributed by atoms with Crippen LogP contribution in [0, 0.1) is 5.82 Å². The Morgan fingerprint density at radius 2 is 1.70 bits per heavy atom. The number of hydrogen-bond donors (Lipinski definition) is 0. The summed E-state index contributed by atoms with van der Waals surface area (Å²) in [7, 11) is -4.42. The minimum atomic E-state index is -4.42. The van der Waals surface area contributed by atoms with Gasteiger partial charge in [0, 0.05) is 0 Å². The summed E-state index contributed by atoms with van der Waals surface area (Å²) in [6.45, 7) is 1.54. The quantitative estimate of drug-likeness (QED) is 0.315. The summed E-state index contributed by atoms with van der Waals surface area (Å²) < 4.78 is 50.0. The number of nitrogens with zero attached hydrogens (tertiary/aromatic N) is 2. The van der Waals surface area contributed by atoms with Crippen molar-refractivity contribution in [2.75, 3.05) is 6.61 Å². The average Bonchev–Trinajstić information content (AvgIpc) is 2.79. The predicted octanol–water partition coefficient (Wildman–Crippen LogP) is 3.47. The van der Waals surface area contributed by atoms with E-state index >= 15 is 0 Å². The third kappa shape index (κ3) is 4.60. The maximum absolute atomic E-state index is 13.3. The molecule has 0 atom stereocenters. The smallest absolute Gasteiger partial charge is 0.362 e. The largest absolute Gasteiger partial charge is 0.461 e. The minimum Gasteiger partial charge on any atom is -0.461 e. The normalized spacial score (nSPS) is 11.3. The molecule has 0 aliphatic heterocycles. The Hall–Kier alpha value is -4.05. The van der Waals surface area contributed by atoms with Crippen molar-refractivity contribution in [3.8, 4) is 11.4 Å². The third-order valence-electron chi connectivity index (χ3n) is 4.65. The van der Waals surface area contributed by atoms with E-state index in [4.69, 9.17) is 8.92 Å². The first-order valence-corrected chi connectivity index (χ1v) is 11.2. The monoisotopic (exact) mass is 468 g/mol. The minimum absolute atomic E-state index is 0.0208. The van der Waals surface area contributed by atoms with E-state index in [-0.39, 0.29) is 17.2 Å². The first kappa shape index (κ1) is 22.2. The lowest BCUT2D eigenvalue weighted by Gasteiger charge is -2.13.